The van der Waals surface area contributed by atoms with Crippen LogP contribution in [0, 0.1) is 5.92 Å². The normalized spacial score (nSPS) is 17.1. The van der Waals surface area contributed by atoms with Crippen molar-refractivity contribution in [3.05, 3.63) is 33.8 Å². The van der Waals surface area contributed by atoms with Crippen LogP contribution in [0.4, 0.5) is 0 Å². The predicted octanol–water partition coefficient (Wildman–Crippen LogP) is 5.07. The number of hydrogen-bond donors (Lipinski definition) is 1. The summed E-state index contributed by atoms with van der Waals surface area (Å²) in [6, 6.07) is 4.82. The fourth-order valence-corrected chi connectivity index (χ4v) is 3.76. The van der Waals surface area contributed by atoms with Crippen molar-refractivity contribution >= 4 is 35.1 Å². The number of amides is 1. The maximum atomic E-state index is 12.2. The second-order valence-electron chi connectivity index (χ2n) is 6.72. The quantitative estimate of drug-likeness (QED) is 0.666. The van der Waals surface area contributed by atoms with E-state index in [1.54, 1.807) is 25.1 Å². The Bertz CT molecular complexity index is 615. The van der Waals surface area contributed by atoms with Crippen molar-refractivity contribution in [2.24, 2.45) is 5.92 Å². The van der Waals surface area contributed by atoms with E-state index in [-0.39, 0.29) is 17.9 Å². The van der Waals surface area contributed by atoms with Crippen molar-refractivity contribution < 1.29 is 14.3 Å². The standard InChI is InChI=1S/C19H25Cl2NO3/c1-12(16-9-8-15(20)11-17(16)21)22-19(24)13(2)25-18(23)10-7-14-5-3-4-6-14/h8-9,11-14H,3-7,10H2,1-2H3,(H,22,24)/t12-,13+/m1/s1. The van der Waals surface area contributed by atoms with Gasteiger partial charge in [0, 0.05) is 16.5 Å². The first-order valence-electron chi connectivity index (χ1n) is 8.81. The monoisotopic (exact) mass is 385 g/mol. The molecule has 25 heavy (non-hydrogen) atoms. The van der Waals surface area contributed by atoms with Gasteiger partial charge in [0.2, 0.25) is 0 Å². The first-order chi connectivity index (χ1) is 11.9. The van der Waals surface area contributed by atoms with Gasteiger partial charge in [0.25, 0.3) is 5.91 Å². The zero-order valence-corrected chi connectivity index (χ0v) is 16.2. The number of carbonyl (C=O) groups is 2. The highest BCUT2D eigenvalue weighted by atomic mass is 35.5. The molecule has 0 heterocycles. The molecular weight excluding hydrogens is 361 g/mol. The number of carbonyl (C=O) groups excluding carboxylic acids is 2. The molecule has 1 saturated carbocycles. The molecule has 0 spiro atoms. The molecule has 1 fully saturated rings. The van der Waals surface area contributed by atoms with Crippen molar-refractivity contribution in [3.8, 4) is 0 Å². The summed E-state index contributed by atoms with van der Waals surface area (Å²) in [4.78, 5) is 24.2. The summed E-state index contributed by atoms with van der Waals surface area (Å²) in [5, 5.41) is 3.84. The molecule has 0 aliphatic heterocycles. The number of halogens is 2. The van der Waals surface area contributed by atoms with Gasteiger partial charge in [0.15, 0.2) is 6.10 Å². The molecular formula is C19H25Cl2NO3. The Morgan fingerprint density at radius 3 is 2.56 bits per heavy atom. The van der Waals surface area contributed by atoms with E-state index < -0.39 is 6.10 Å². The molecule has 1 N–H and O–H groups in total. The van der Waals surface area contributed by atoms with Crippen LogP contribution in [-0.4, -0.2) is 18.0 Å². The summed E-state index contributed by atoms with van der Waals surface area (Å²) in [5.41, 5.74) is 0.763. The Hall–Kier alpha value is -1.26. The van der Waals surface area contributed by atoms with Gasteiger partial charge in [-0.1, -0.05) is 55.0 Å². The summed E-state index contributed by atoms with van der Waals surface area (Å²) in [6.45, 7) is 3.40. The van der Waals surface area contributed by atoms with Gasteiger partial charge in [-0.15, -0.1) is 0 Å². The Morgan fingerprint density at radius 1 is 1.24 bits per heavy atom. The molecule has 1 aliphatic carbocycles. The summed E-state index contributed by atoms with van der Waals surface area (Å²) >= 11 is 12.0. The highest BCUT2D eigenvalue weighted by Crippen LogP contribution is 2.29. The first-order valence-corrected chi connectivity index (χ1v) is 9.57. The van der Waals surface area contributed by atoms with Gasteiger partial charge in [0.1, 0.15) is 0 Å². The zero-order valence-electron chi connectivity index (χ0n) is 14.7. The minimum Gasteiger partial charge on any atom is -0.453 e. The predicted molar refractivity (Wildman–Crippen MR) is 99.8 cm³/mol. The number of hydrogen-bond acceptors (Lipinski definition) is 3. The molecule has 2 rings (SSSR count). The molecule has 138 valence electrons. The van der Waals surface area contributed by atoms with Crippen LogP contribution in [0.25, 0.3) is 0 Å². The lowest BCUT2D eigenvalue weighted by atomic mass is 10.0. The highest BCUT2D eigenvalue weighted by Gasteiger charge is 2.22. The Balaban J connectivity index is 1.79. The van der Waals surface area contributed by atoms with Crippen LogP contribution < -0.4 is 5.32 Å². The Morgan fingerprint density at radius 2 is 1.92 bits per heavy atom. The summed E-state index contributed by atoms with van der Waals surface area (Å²) in [6.07, 6.45) is 5.30. The topological polar surface area (TPSA) is 55.4 Å². The molecule has 4 nitrogen and oxygen atoms in total. The molecule has 0 bridgehead atoms. The van der Waals surface area contributed by atoms with Crippen LogP contribution in [0.15, 0.2) is 18.2 Å². The minimum atomic E-state index is -0.829. The third kappa shape index (κ3) is 6.19. The second-order valence-corrected chi connectivity index (χ2v) is 7.56. The van der Waals surface area contributed by atoms with E-state index in [2.05, 4.69) is 5.32 Å². The SMILES string of the molecule is C[C@H](OC(=O)CCC1CCCC1)C(=O)N[C@H](C)c1ccc(Cl)cc1Cl. The molecule has 0 aromatic heterocycles. The summed E-state index contributed by atoms with van der Waals surface area (Å²) < 4.78 is 5.25. The smallest absolute Gasteiger partial charge is 0.306 e. The Labute approximate surface area is 159 Å². The number of esters is 1. The molecule has 0 radical (unpaired) electrons. The first kappa shape index (κ1) is 20.1. The number of rotatable bonds is 7. The second kappa shape index (κ2) is 9.44. The zero-order chi connectivity index (χ0) is 18.4. The van der Waals surface area contributed by atoms with Crippen LogP contribution in [0.2, 0.25) is 10.0 Å². The summed E-state index contributed by atoms with van der Waals surface area (Å²) in [5.74, 6) is -0.0248. The van der Waals surface area contributed by atoms with Crippen LogP contribution in [-0.2, 0) is 14.3 Å². The van der Waals surface area contributed by atoms with Crippen LogP contribution in [0.5, 0.6) is 0 Å². The molecule has 0 saturated heterocycles. The van der Waals surface area contributed by atoms with E-state index in [1.807, 2.05) is 6.92 Å². The van der Waals surface area contributed by atoms with E-state index in [4.69, 9.17) is 27.9 Å². The lowest BCUT2D eigenvalue weighted by Gasteiger charge is -2.19. The van der Waals surface area contributed by atoms with Crippen molar-refractivity contribution in [2.75, 3.05) is 0 Å². The van der Waals surface area contributed by atoms with Gasteiger partial charge in [0.05, 0.1) is 6.04 Å². The van der Waals surface area contributed by atoms with Gasteiger partial charge < -0.3 is 10.1 Å². The fourth-order valence-electron chi connectivity index (χ4n) is 3.19. The average molecular weight is 386 g/mol. The summed E-state index contributed by atoms with van der Waals surface area (Å²) in [7, 11) is 0. The molecule has 1 aliphatic rings. The molecule has 1 aromatic rings. The van der Waals surface area contributed by atoms with Gasteiger partial charge in [-0.3, -0.25) is 9.59 Å². The number of benzene rings is 1. The largest absolute Gasteiger partial charge is 0.453 e. The van der Waals surface area contributed by atoms with Gasteiger partial charge in [-0.25, -0.2) is 0 Å². The third-order valence-electron chi connectivity index (χ3n) is 4.70. The third-order valence-corrected chi connectivity index (χ3v) is 5.26. The Kier molecular flexibility index (Phi) is 7.57. The lowest BCUT2D eigenvalue weighted by Crippen LogP contribution is -2.37. The van der Waals surface area contributed by atoms with E-state index in [0.29, 0.717) is 22.4 Å². The van der Waals surface area contributed by atoms with Crippen molar-refractivity contribution in [2.45, 2.75) is 64.5 Å². The average Bonchev–Trinajstić information content (AvgIpc) is 3.06. The lowest BCUT2D eigenvalue weighted by molar-refractivity contribution is -0.155. The van der Waals surface area contributed by atoms with Gasteiger partial charge in [-0.2, -0.15) is 0 Å². The maximum absolute atomic E-state index is 12.2. The van der Waals surface area contributed by atoms with E-state index >= 15 is 0 Å². The molecule has 1 aromatic carbocycles. The minimum absolute atomic E-state index is 0.308. The maximum Gasteiger partial charge on any atom is 0.306 e. The van der Waals surface area contributed by atoms with E-state index in [0.717, 1.165) is 12.0 Å². The highest BCUT2D eigenvalue weighted by molar-refractivity contribution is 6.35. The number of ether oxygens (including phenoxy) is 1. The molecule has 0 unspecified atom stereocenters. The van der Waals surface area contributed by atoms with Gasteiger partial charge in [-0.05, 0) is 43.9 Å². The van der Waals surface area contributed by atoms with Crippen molar-refractivity contribution in [1.82, 2.24) is 5.32 Å². The number of nitrogens with one attached hydrogen (secondary N) is 1. The van der Waals surface area contributed by atoms with Crippen LogP contribution >= 0.6 is 23.2 Å². The molecule has 6 heteroatoms. The fraction of sp³-hybridized carbons (Fsp3) is 0.579. The van der Waals surface area contributed by atoms with Crippen molar-refractivity contribution in [3.63, 3.8) is 0 Å². The molecule has 2 atom stereocenters. The van der Waals surface area contributed by atoms with E-state index in [1.165, 1.54) is 25.7 Å². The van der Waals surface area contributed by atoms with E-state index in [9.17, 15) is 9.59 Å². The van der Waals surface area contributed by atoms with Crippen LogP contribution in [0.3, 0.4) is 0 Å². The van der Waals surface area contributed by atoms with Crippen molar-refractivity contribution in [1.29, 1.82) is 0 Å². The van der Waals surface area contributed by atoms with Gasteiger partial charge >= 0.3 is 5.97 Å². The molecule has 1 amide bonds. The van der Waals surface area contributed by atoms with Crippen LogP contribution in [0.1, 0.15) is 64.0 Å².